The second-order valence-electron chi connectivity index (χ2n) is 3.99. The molecule has 0 atom stereocenters. The number of carbonyl (C=O) groups excluding carboxylic acids is 1. The summed E-state index contributed by atoms with van der Waals surface area (Å²) < 4.78 is 0. The molecule has 0 aliphatic carbocycles. The van der Waals surface area contributed by atoms with E-state index in [2.05, 4.69) is 10.5 Å². The van der Waals surface area contributed by atoms with Gasteiger partial charge in [-0.3, -0.25) is 5.43 Å². The number of carboxylic acids is 1. The summed E-state index contributed by atoms with van der Waals surface area (Å²) in [6.07, 6.45) is 1.42. The Morgan fingerprint density at radius 3 is 2.38 bits per heavy atom. The first-order valence-electron chi connectivity index (χ1n) is 5.73. The van der Waals surface area contributed by atoms with Gasteiger partial charge < -0.3 is 9.90 Å². The number of hydrogen-bond donors (Lipinski definition) is 1. The van der Waals surface area contributed by atoms with Gasteiger partial charge in [-0.25, -0.2) is 0 Å². The summed E-state index contributed by atoms with van der Waals surface area (Å²) >= 11 is 17.9. The van der Waals surface area contributed by atoms with Gasteiger partial charge >= 0.3 is 0 Å². The quantitative estimate of drug-likeness (QED) is 0.683. The Balaban J connectivity index is 2.22. The minimum atomic E-state index is -1.30. The molecule has 2 aromatic rings. The van der Waals surface area contributed by atoms with Crippen LogP contribution in [0.15, 0.2) is 41.5 Å². The van der Waals surface area contributed by atoms with Crippen LogP contribution in [0.4, 0.5) is 5.69 Å². The van der Waals surface area contributed by atoms with Crippen LogP contribution in [0.1, 0.15) is 15.9 Å². The van der Waals surface area contributed by atoms with Crippen LogP contribution in [-0.4, -0.2) is 12.2 Å². The van der Waals surface area contributed by atoms with Crippen molar-refractivity contribution in [2.24, 2.45) is 5.10 Å². The van der Waals surface area contributed by atoms with Crippen LogP contribution in [0, 0.1) is 0 Å². The molecule has 0 saturated carbocycles. The normalized spacial score (nSPS) is 10.8. The number of rotatable bonds is 4. The van der Waals surface area contributed by atoms with Crippen LogP contribution in [0.3, 0.4) is 0 Å². The van der Waals surface area contributed by atoms with Gasteiger partial charge in [0.1, 0.15) is 0 Å². The molecular formula is C14H8Cl3N2O2-. The van der Waals surface area contributed by atoms with Crippen molar-refractivity contribution in [3.63, 3.8) is 0 Å². The lowest BCUT2D eigenvalue weighted by Crippen LogP contribution is -2.22. The monoisotopic (exact) mass is 341 g/mol. The van der Waals surface area contributed by atoms with E-state index in [0.717, 1.165) is 0 Å². The van der Waals surface area contributed by atoms with E-state index >= 15 is 0 Å². The van der Waals surface area contributed by atoms with Crippen molar-refractivity contribution in [2.75, 3.05) is 5.43 Å². The molecule has 0 heterocycles. The lowest BCUT2D eigenvalue weighted by molar-refractivity contribution is -0.255. The smallest absolute Gasteiger partial charge is 0.0754 e. The number of halogens is 3. The highest BCUT2D eigenvalue weighted by atomic mass is 35.5. The Labute approximate surface area is 135 Å². The fraction of sp³-hybridized carbons (Fsp3) is 0. The molecule has 0 aliphatic heterocycles. The van der Waals surface area contributed by atoms with Crippen molar-refractivity contribution in [1.29, 1.82) is 0 Å². The zero-order chi connectivity index (χ0) is 15.4. The molecule has 0 fully saturated rings. The standard InChI is InChI=1S/C14H9Cl3N2O2/c15-10-2-1-3-11(16)9(10)7-18-19-13-6-8(14(20)21)4-5-12(13)17/h1-7,19H,(H,20,21)/p-1/b18-7-. The lowest BCUT2D eigenvalue weighted by Gasteiger charge is -2.07. The molecule has 0 aliphatic rings. The van der Waals surface area contributed by atoms with Crippen LogP contribution < -0.4 is 10.5 Å². The van der Waals surface area contributed by atoms with Gasteiger partial charge in [0.2, 0.25) is 0 Å². The Kier molecular flexibility index (Phi) is 5.07. The molecule has 0 saturated heterocycles. The van der Waals surface area contributed by atoms with E-state index in [1.807, 2.05) is 0 Å². The fourth-order valence-corrected chi connectivity index (χ4v) is 2.19. The third-order valence-electron chi connectivity index (χ3n) is 2.58. The molecule has 1 N–H and O–H groups in total. The summed E-state index contributed by atoms with van der Waals surface area (Å²) in [4.78, 5) is 10.8. The zero-order valence-electron chi connectivity index (χ0n) is 10.4. The van der Waals surface area contributed by atoms with E-state index in [9.17, 15) is 9.90 Å². The predicted molar refractivity (Wildman–Crippen MR) is 83.5 cm³/mol. The van der Waals surface area contributed by atoms with E-state index < -0.39 is 5.97 Å². The average molecular weight is 343 g/mol. The van der Waals surface area contributed by atoms with Crippen LogP contribution in [0.2, 0.25) is 15.1 Å². The Morgan fingerprint density at radius 2 is 1.76 bits per heavy atom. The number of hydrogen-bond acceptors (Lipinski definition) is 4. The first-order chi connectivity index (χ1) is 9.99. The average Bonchev–Trinajstić information content (AvgIpc) is 2.43. The van der Waals surface area contributed by atoms with Gasteiger partial charge in [-0.05, 0) is 29.8 Å². The summed E-state index contributed by atoms with van der Waals surface area (Å²) in [6, 6.07) is 9.18. The molecular weight excluding hydrogens is 335 g/mol. The summed E-state index contributed by atoms with van der Waals surface area (Å²) in [5, 5.41) is 16.0. The summed E-state index contributed by atoms with van der Waals surface area (Å²) in [5.41, 5.74) is 3.51. The van der Waals surface area contributed by atoms with Crippen LogP contribution in [0.25, 0.3) is 0 Å². The molecule has 0 radical (unpaired) electrons. The molecule has 108 valence electrons. The fourth-order valence-electron chi connectivity index (χ4n) is 1.54. The topological polar surface area (TPSA) is 64.5 Å². The third-order valence-corrected chi connectivity index (χ3v) is 3.57. The number of nitrogens with zero attached hydrogens (tertiary/aromatic N) is 1. The molecule has 4 nitrogen and oxygen atoms in total. The highest BCUT2D eigenvalue weighted by Gasteiger charge is 2.04. The second kappa shape index (κ2) is 6.80. The number of nitrogens with one attached hydrogen (secondary N) is 1. The number of carbonyl (C=O) groups is 1. The van der Waals surface area contributed by atoms with Crippen molar-refractivity contribution in [1.82, 2.24) is 0 Å². The van der Waals surface area contributed by atoms with Gasteiger partial charge in [0.05, 0.1) is 32.9 Å². The molecule has 21 heavy (non-hydrogen) atoms. The molecule has 0 amide bonds. The van der Waals surface area contributed by atoms with Crippen molar-refractivity contribution < 1.29 is 9.90 Å². The van der Waals surface area contributed by atoms with Crippen molar-refractivity contribution >= 4 is 52.7 Å². The van der Waals surface area contributed by atoms with Gasteiger partial charge in [0.25, 0.3) is 0 Å². The summed E-state index contributed by atoms with van der Waals surface area (Å²) in [7, 11) is 0. The molecule has 7 heteroatoms. The molecule has 0 aromatic heterocycles. The molecule has 2 rings (SSSR count). The number of aromatic carboxylic acids is 1. The maximum atomic E-state index is 10.8. The Bertz CT molecular complexity index is 697. The first kappa shape index (κ1) is 15.6. The molecule has 0 unspecified atom stereocenters. The van der Waals surface area contributed by atoms with Gasteiger partial charge in [-0.2, -0.15) is 5.10 Å². The van der Waals surface area contributed by atoms with E-state index in [-0.39, 0.29) is 5.56 Å². The second-order valence-corrected chi connectivity index (χ2v) is 5.21. The largest absolute Gasteiger partial charge is 0.545 e. The van der Waals surface area contributed by atoms with Gasteiger partial charge in [0.15, 0.2) is 0 Å². The summed E-state index contributed by atoms with van der Waals surface area (Å²) in [5.74, 6) is -1.30. The minimum absolute atomic E-state index is 0.00660. The van der Waals surface area contributed by atoms with Crippen molar-refractivity contribution in [3.05, 3.63) is 62.6 Å². The highest BCUT2D eigenvalue weighted by molar-refractivity contribution is 6.38. The summed E-state index contributed by atoms with van der Waals surface area (Å²) in [6.45, 7) is 0. The van der Waals surface area contributed by atoms with Crippen LogP contribution in [-0.2, 0) is 0 Å². The first-order valence-corrected chi connectivity index (χ1v) is 6.86. The van der Waals surface area contributed by atoms with Crippen molar-refractivity contribution in [2.45, 2.75) is 0 Å². The maximum Gasteiger partial charge on any atom is 0.0754 e. The molecule has 2 aromatic carbocycles. The molecule has 0 bridgehead atoms. The van der Waals surface area contributed by atoms with E-state index in [0.29, 0.717) is 26.3 Å². The number of hydrazone groups is 1. The third kappa shape index (κ3) is 3.88. The number of benzene rings is 2. The predicted octanol–water partition coefficient (Wildman–Crippen LogP) is 3.46. The van der Waals surface area contributed by atoms with E-state index in [1.54, 1.807) is 18.2 Å². The number of anilines is 1. The lowest BCUT2D eigenvalue weighted by atomic mass is 10.2. The maximum absolute atomic E-state index is 10.8. The van der Waals surface area contributed by atoms with Crippen LogP contribution in [0.5, 0.6) is 0 Å². The zero-order valence-corrected chi connectivity index (χ0v) is 12.7. The Hall–Kier alpha value is -1.75. The highest BCUT2D eigenvalue weighted by Crippen LogP contribution is 2.24. The SMILES string of the molecule is O=C([O-])c1ccc(Cl)c(N/N=C\c2c(Cl)cccc2Cl)c1. The minimum Gasteiger partial charge on any atom is -0.545 e. The van der Waals surface area contributed by atoms with Crippen LogP contribution >= 0.6 is 34.8 Å². The molecule has 0 spiro atoms. The van der Waals surface area contributed by atoms with E-state index in [1.165, 1.54) is 24.4 Å². The van der Waals surface area contributed by atoms with Gasteiger partial charge in [-0.1, -0.05) is 46.9 Å². The van der Waals surface area contributed by atoms with Gasteiger partial charge in [-0.15, -0.1) is 0 Å². The number of carboxylic acid groups (broad SMARTS) is 1. The Morgan fingerprint density at radius 1 is 1.10 bits per heavy atom. The van der Waals surface area contributed by atoms with E-state index in [4.69, 9.17) is 34.8 Å². The van der Waals surface area contributed by atoms with Gasteiger partial charge in [0, 0.05) is 5.56 Å². The van der Waals surface area contributed by atoms with Crippen molar-refractivity contribution in [3.8, 4) is 0 Å².